The number of rotatable bonds is 2. The van der Waals surface area contributed by atoms with Gasteiger partial charge in [0.15, 0.2) is 0 Å². The van der Waals surface area contributed by atoms with E-state index in [2.05, 4.69) is 4.98 Å². The first-order chi connectivity index (χ1) is 12.4. The number of benzene rings is 2. The Bertz CT molecular complexity index is 1290. The second-order valence-electron chi connectivity index (χ2n) is 6.03. The van der Waals surface area contributed by atoms with Crippen molar-refractivity contribution in [1.82, 2.24) is 9.55 Å². The fourth-order valence-electron chi connectivity index (χ4n) is 2.91. The topological polar surface area (TPSA) is 65.1 Å². The Morgan fingerprint density at radius 1 is 1.15 bits per heavy atom. The third kappa shape index (κ3) is 2.78. The van der Waals surface area contributed by atoms with Gasteiger partial charge < -0.3 is 4.42 Å². The maximum absolute atomic E-state index is 13.3. The average molecular weight is 371 g/mol. The zero-order valence-corrected chi connectivity index (χ0v) is 14.4. The Balaban J connectivity index is 1.90. The molecule has 2 aromatic heterocycles. The number of fused-ring (bicyclic) bond motifs is 2. The number of aryl methyl sites for hydroxylation is 1. The Kier molecular flexibility index (Phi) is 3.85. The summed E-state index contributed by atoms with van der Waals surface area (Å²) in [5.74, 6) is -0.459. The lowest BCUT2D eigenvalue weighted by molar-refractivity contribution is 0.557. The number of hydrogen-bond acceptors (Lipinski definition) is 4. The van der Waals surface area contributed by atoms with Crippen LogP contribution in [-0.2, 0) is 6.54 Å². The predicted molar refractivity (Wildman–Crippen MR) is 97.3 cm³/mol. The molecule has 0 saturated carbocycles. The molecule has 7 heteroatoms. The molecular formula is C19H12ClFN2O3. The highest BCUT2D eigenvalue weighted by atomic mass is 35.5. The normalized spacial score (nSPS) is 11.3. The van der Waals surface area contributed by atoms with Crippen molar-refractivity contribution in [2.24, 2.45) is 0 Å². The molecule has 2 heterocycles. The summed E-state index contributed by atoms with van der Waals surface area (Å²) in [4.78, 5) is 28.7. The van der Waals surface area contributed by atoms with Gasteiger partial charge in [-0.3, -0.25) is 9.36 Å². The largest absolute Gasteiger partial charge is 0.423 e. The van der Waals surface area contributed by atoms with Crippen molar-refractivity contribution in [2.45, 2.75) is 13.5 Å². The zero-order valence-electron chi connectivity index (χ0n) is 13.6. The summed E-state index contributed by atoms with van der Waals surface area (Å²) in [5, 5.41) is 1.48. The Morgan fingerprint density at radius 2 is 1.96 bits per heavy atom. The van der Waals surface area contributed by atoms with Crippen LogP contribution >= 0.6 is 11.6 Å². The van der Waals surface area contributed by atoms with Crippen LogP contribution in [0.3, 0.4) is 0 Å². The second kappa shape index (κ2) is 6.07. The van der Waals surface area contributed by atoms with Gasteiger partial charge in [-0.05, 0) is 42.3 Å². The van der Waals surface area contributed by atoms with Crippen LogP contribution in [-0.4, -0.2) is 9.55 Å². The smallest absolute Gasteiger partial charge is 0.336 e. The lowest BCUT2D eigenvalue weighted by Crippen LogP contribution is -2.22. The third-order valence-corrected chi connectivity index (χ3v) is 4.64. The molecule has 26 heavy (non-hydrogen) atoms. The van der Waals surface area contributed by atoms with Crippen LogP contribution in [0.1, 0.15) is 11.1 Å². The predicted octanol–water partition coefficient (Wildman–Crippen LogP) is 3.65. The van der Waals surface area contributed by atoms with Crippen molar-refractivity contribution < 1.29 is 8.81 Å². The van der Waals surface area contributed by atoms with E-state index in [1.54, 1.807) is 12.1 Å². The van der Waals surface area contributed by atoms with Gasteiger partial charge in [-0.25, -0.2) is 14.2 Å². The number of halogens is 2. The van der Waals surface area contributed by atoms with E-state index in [9.17, 15) is 14.0 Å². The molecular weight excluding hydrogens is 359 g/mol. The van der Waals surface area contributed by atoms with E-state index in [0.29, 0.717) is 26.9 Å². The summed E-state index contributed by atoms with van der Waals surface area (Å²) in [7, 11) is 0. The lowest BCUT2D eigenvalue weighted by Gasteiger charge is -2.10. The van der Waals surface area contributed by atoms with E-state index < -0.39 is 11.4 Å². The minimum atomic E-state index is -0.516. The first-order valence-electron chi connectivity index (χ1n) is 7.80. The Hall–Kier alpha value is -2.99. The van der Waals surface area contributed by atoms with Gasteiger partial charge in [-0.15, -0.1) is 0 Å². The molecule has 0 aliphatic heterocycles. The summed E-state index contributed by atoms with van der Waals surface area (Å²) in [6.45, 7) is 1.92. The maximum atomic E-state index is 13.3. The molecule has 5 nitrogen and oxygen atoms in total. The van der Waals surface area contributed by atoms with E-state index >= 15 is 0 Å². The quantitative estimate of drug-likeness (QED) is 0.505. The first kappa shape index (κ1) is 16.5. The van der Waals surface area contributed by atoms with Gasteiger partial charge in [-0.2, -0.15) is 0 Å². The number of nitrogens with zero attached hydrogens (tertiary/aromatic N) is 2. The summed E-state index contributed by atoms with van der Waals surface area (Å²) < 4.78 is 19.9. The van der Waals surface area contributed by atoms with E-state index in [-0.39, 0.29) is 17.6 Å². The molecule has 0 saturated heterocycles. The van der Waals surface area contributed by atoms with Crippen molar-refractivity contribution in [1.29, 1.82) is 0 Å². The summed E-state index contributed by atoms with van der Waals surface area (Å²) in [6, 6.07) is 8.54. The zero-order chi connectivity index (χ0) is 18.4. The SMILES string of the molecule is Cc1cc2oc(=O)cc(Cn3cnc4cc(F)ccc4c3=O)c2cc1Cl. The van der Waals surface area contributed by atoms with Crippen molar-refractivity contribution in [3.63, 3.8) is 0 Å². The molecule has 130 valence electrons. The maximum Gasteiger partial charge on any atom is 0.336 e. The Morgan fingerprint density at radius 3 is 2.77 bits per heavy atom. The highest BCUT2D eigenvalue weighted by molar-refractivity contribution is 6.32. The molecule has 4 rings (SSSR count). The second-order valence-corrected chi connectivity index (χ2v) is 6.43. The molecule has 0 bridgehead atoms. The highest BCUT2D eigenvalue weighted by Crippen LogP contribution is 2.25. The molecule has 0 unspecified atom stereocenters. The van der Waals surface area contributed by atoms with Gasteiger partial charge in [0.1, 0.15) is 11.4 Å². The summed E-state index contributed by atoms with van der Waals surface area (Å²) >= 11 is 6.19. The van der Waals surface area contributed by atoms with Crippen LogP contribution in [0.25, 0.3) is 21.9 Å². The standard InChI is InChI=1S/C19H12ClFN2O3/c1-10-4-17-14(7-15(10)20)11(5-18(24)26-17)8-23-9-22-16-6-12(21)2-3-13(16)19(23)25/h2-7,9H,8H2,1H3. The van der Waals surface area contributed by atoms with Crippen molar-refractivity contribution in [3.05, 3.63) is 85.5 Å². The van der Waals surface area contributed by atoms with Crippen LogP contribution in [0.4, 0.5) is 4.39 Å². The molecule has 0 spiro atoms. The minimum absolute atomic E-state index is 0.112. The van der Waals surface area contributed by atoms with Crippen molar-refractivity contribution in [2.75, 3.05) is 0 Å². The molecule has 0 atom stereocenters. The monoisotopic (exact) mass is 370 g/mol. The van der Waals surface area contributed by atoms with Crippen LogP contribution < -0.4 is 11.2 Å². The molecule has 0 aliphatic rings. The van der Waals surface area contributed by atoms with E-state index in [4.69, 9.17) is 16.0 Å². The lowest BCUT2D eigenvalue weighted by atomic mass is 10.1. The van der Waals surface area contributed by atoms with Crippen LogP contribution in [0.2, 0.25) is 5.02 Å². The van der Waals surface area contributed by atoms with Gasteiger partial charge in [0.2, 0.25) is 0 Å². The molecule has 2 aromatic carbocycles. The first-order valence-corrected chi connectivity index (χ1v) is 8.18. The fourth-order valence-corrected chi connectivity index (χ4v) is 3.07. The summed E-state index contributed by atoms with van der Waals surface area (Å²) in [6.07, 6.45) is 1.33. The van der Waals surface area contributed by atoms with Gasteiger partial charge in [0.05, 0.1) is 23.8 Å². The van der Waals surface area contributed by atoms with Gasteiger partial charge in [-0.1, -0.05) is 11.6 Å². The van der Waals surface area contributed by atoms with Crippen LogP contribution in [0, 0.1) is 12.7 Å². The average Bonchev–Trinajstić information content (AvgIpc) is 2.59. The van der Waals surface area contributed by atoms with E-state index in [1.807, 2.05) is 6.92 Å². The highest BCUT2D eigenvalue weighted by Gasteiger charge is 2.11. The van der Waals surface area contributed by atoms with E-state index in [1.165, 1.54) is 35.2 Å². The van der Waals surface area contributed by atoms with Gasteiger partial charge in [0.25, 0.3) is 5.56 Å². The molecule has 0 radical (unpaired) electrons. The van der Waals surface area contributed by atoms with Gasteiger partial charge >= 0.3 is 5.63 Å². The number of hydrogen-bond donors (Lipinski definition) is 0. The minimum Gasteiger partial charge on any atom is -0.423 e. The van der Waals surface area contributed by atoms with Gasteiger partial charge in [0, 0.05) is 22.5 Å². The third-order valence-electron chi connectivity index (χ3n) is 4.24. The van der Waals surface area contributed by atoms with E-state index in [0.717, 1.165) is 5.56 Å². The van der Waals surface area contributed by atoms with Crippen molar-refractivity contribution >= 4 is 33.5 Å². The Labute approximate surface area is 151 Å². The molecule has 4 aromatic rings. The van der Waals surface area contributed by atoms with Crippen LogP contribution in [0.5, 0.6) is 0 Å². The molecule has 0 fully saturated rings. The molecule has 0 N–H and O–H groups in total. The molecule has 0 amide bonds. The van der Waals surface area contributed by atoms with Crippen LogP contribution in [0.15, 0.2) is 56.7 Å². The fraction of sp³-hybridized carbons (Fsp3) is 0.105. The number of aromatic nitrogens is 2. The summed E-state index contributed by atoms with van der Waals surface area (Å²) in [5.41, 5.74) is 1.21. The van der Waals surface area contributed by atoms with Crippen molar-refractivity contribution in [3.8, 4) is 0 Å². The molecule has 0 aliphatic carbocycles.